The minimum atomic E-state index is -1.10. The summed E-state index contributed by atoms with van der Waals surface area (Å²) < 4.78 is 17.2. The van der Waals surface area contributed by atoms with Gasteiger partial charge in [-0.1, -0.05) is 0 Å². The molecule has 1 aliphatic carbocycles. The number of hydrogen-bond donors (Lipinski definition) is 8. The number of methoxy groups -OCH3 is 1. The van der Waals surface area contributed by atoms with Gasteiger partial charge >= 0.3 is 0 Å². The molecule has 0 aromatic heterocycles. The van der Waals surface area contributed by atoms with E-state index in [0.29, 0.717) is 25.1 Å². The number of likely N-dealkylation sites (N-methyl/N-ethyl adjacent to an activating group) is 1. The Labute approximate surface area is 189 Å². The van der Waals surface area contributed by atoms with Gasteiger partial charge in [-0.05, 0) is 38.9 Å². The highest BCUT2D eigenvalue weighted by Gasteiger charge is 2.50. The third-order valence-corrected chi connectivity index (χ3v) is 6.04. The van der Waals surface area contributed by atoms with Crippen LogP contribution < -0.4 is 33.6 Å². The van der Waals surface area contributed by atoms with E-state index >= 15 is 0 Å². The molecule has 32 heavy (non-hydrogen) atoms. The van der Waals surface area contributed by atoms with E-state index < -0.39 is 48.8 Å². The van der Waals surface area contributed by atoms with Crippen LogP contribution in [-0.2, 0) is 19.0 Å². The van der Waals surface area contributed by atoms with Crippen LogP contribution in [-0.4, -0.2) is 98.2 Å². The molecule has 0 spiro atoms. The third-order valence-electron chi connectivity index (χ3n) is 6.04. The molecule has 1 amide bonds. The van der Waals surface area contributed by atoms with Crippen LogP contribution in [0.25, 0.3) is 0 Å². The van der Waals surface area contributed by atoms with Crippen molar-refractivity contribution in [3.63, 3.8) is 0 Å². The van der Waals surface area contributed by atoms with Crippen LogP contribution in [0.3, 0.4) is 0 Å². The molecule has 12 N–H and O–H groups in total. The van der Waals surface area contributed by atoms with E-state index in [4.69, 9.17) is 37.1 Å². The van der Waals surface area contributed by atoms with Crippen molar-refractivity contribution < 1.29 is 29.2 Å². The van der Waals surface area contributed by atoms with Gasteiger partial charge in [0.15, 0.2) is 0 Å². The van der Waals surface area contributed by atoms with Crippen molar-refractivity contribution in [2.24, 2.45) is 22.9 Å². The molecule has 12 nitrogen and oxygen atoms in total. The van der Waals surface area contributed by atoms with Crippen molar-refractivity contribution in [1.29, 1.82) is 0 Å². The SMILES string of the molecule is CN[C@H]1[C@@H](O)[C@H](O[C@H]2OC(CN)=CC[C@H]2NC(=O)CC(N)CCCN)[C@@H](N)[C@H](O)[C@H]1OC. The minimum absolute atomic E-state index is 0.137. The predicted molar refractivity (Wildman–Crippen MR) is 118 cm³/mol. The molecule has 0 radical (unpaired) electrons. The monoisotopic (exact) mass is 460 g/mol. The predicted octanol–water partition coefficient (Wildman–Crippen LogP) is -3.43. The van der Waals surface area contributed by atoms with Gasteiger partial charge in [0.05, 0.1) is 36.9 Å². The van der Waals surface area contributed by atoms with E-state index in [1.807, 2.05) is 0 Å². The van der Waals surface area contributed by atoms with Crippen LogP contribution >= 0.6 is 0 Å². The zero-order valence-electron chi connectivity index (χ0n) is 18.9. The maximum absolute atomic E-state index is 12.5. The molecule has 0 aromatic rings. The van der Waals surface area contributed by atoms with Crippen molar-refractivity contribution in [2.75, 3.05) is 27.2 Å². The normalized spacial score (nSPS) is 36.2. The zero-order chi connectivity index (χ0) is 23.8. The van der Waals surface area contributed by atoms with Crippen molar-refractivity contribution >= 4 is 5.91 Å². The van der Waals surface area contributed by atoms with Gasteiger partial charge in [-0.2, -0.15) is 0 Å². The van der Waals surface area contributed by atoms with Crippen LogP contribution in [0, 0.1) is 0 Å². The van der Waals surface area contributed by atoms with E-state index in [-0.39, 0.29) is 24.9 Å². The Hall–Kier alpha value is -1.35. The Morgan fingerprint density at radius 2 is 2.03 bits per heavy atom. The van der Waals surface area contributed by atoms with E-state index in [1.165, 1.54) is 7.11 Å². The second-order valence-corrected chi connectivity index (χ2v) is 8.34. The van der Waals surface area contributed by atoms with Gasteiger partial charge in [0.1, 0.15) is 18.0 Å². The van der Waals surface area contributed by atoms with Gasteiger partial charge in [0.2, 0.25) is 12.2 Å². The average molecular weight is 461 g/mol. The summed E-state index contributed by atoms with van der Waals surface area (Å²) in [4.78, 5) is 12.5. The number of rotatable bonds is 11. The second-order valence-electron chi connectivity index (χ2n) is 8.34. The number of nitrogens with two attached hydrogens (primary N) is 4. The first-order chi connectivity index (χ1) is 15.3. The molecular weight excluding hydrogens is 420 g/mol. The molecule has 9 atom stereocenters. The standard InChI is InChI=1S/C20H40N6O6/c1-25-15-17(29)18(14(24)16(28)19(15)30-2)32-20-12(6-5-11(9-22)31-20)26-13(27)8-10(23)4-3-7-21/h5,10,12,14-20,25,28-29H,3-4,6-9,21-24H2,1-2H3,(H,26,27)/t10?,12-,14+,15+,16+,17-,18-,19+,20-/m1/s1. The molecule has 1 heterocycles. The van der Waals surface area contributed by atoms with Gasteiger partial charge < -0.3 is 58.0 Å². The summed E-state index contributed by atoms with van der Waals surface area (Å²) in [7, 11) is 3.08. The minimum Gasteiger partial charge on any atom is -0.466 e. The Balaban J connectivity index is 2.11. The van der Waals surface area contributed by atoms with Gasteiger partial charge in [0, 0.05) is 19.6 Å². The Kier molecular flexibility index (Phi) is 10.7. The van der Waals surface area contributed by atoms with Crippen LogP contribution in [0.4, 0.5) is 0 Å². The first-order valence-electron chi connectivity index (χ1n) is 11.0. The first-order valence-corrected chi connectivity index (χ1v) is 11.0. The maximum Gasteiger partial charge on any atom is 0.222 e. The molecule has 0 aromatic carbocycles. The number of ether oxygens (including phenoxy) is 3. The summed E-state index contributed by atoms with van der Waals surface area (Å²) in [6, 6.07) is -2.43. The quantitative estimate of drug-likeness (QED) is 0.152. The van der Waals surface area contributed by atoms with E-state index in [0.717, 1.165) is 6.42 Å². The number of nitrogens with one attached hydrogen (secondary N) is 2. The van der Waals surface area contributed by atoms with Gasteiger partial charge in [0.25, 0.3) is 0 Å². The lowest BCUT2D eigenvalue weighted by Gasteiger charge is -2.47. The molecule has 2 rings (SSSR count). The summed E-state index contributed by atoms with van der Waals surface area (Å²) in [6.45, 7) is 0.666. The lowest BCUT2D eigenvalue weighted by molar-refractivity contribution is -0.232. The highest BCUT2D eigenvalue weighted by Crippen LogP contribution is 2.28. The van der Waals surface area contributed by atoms with Crippen molar-refractivity contribution in [1.82, 2.24) is 10.6 Å². The van der Waals surface area contributed by atoms with Gasteiger partial charge in [-0.25, -0.2) is 0 Å². The number of aliphatic hydroxyl groups excluding tert-OH is 2. The fourth-order valence-electron chi connectivity index (χ4n) is 4.22. The van der Waals surface area contributed by atoms with E-state index in [1.54, 1.807) is 13.1 Å². The fourth-order valence-corrected chi connectivity index (χ4v) is 4.22. The second kappa shape index (κ2) is 12.8. The Morgan fingerprint density at radius 1 is 1.31 bits per heavy atom. The number of hydrogen-bond acceptors (Lipinski definition) is 11. The Bertz CT molecular complexity index is 625. The van der Waals surface area contributed by atoms with Crippen LogP contribution in [0.5, 0.6) is 0 Å². The zero-order valence-corrected chi connectivity index (χ0v) is 18.9. The topological polar surface area (TPSA) is 213 Å². The number of amides is 1. The summed E-state index contributed by atoms with van der Waals surface area (Å²) in [5.74, 6) is 0.252. The van der Waals surface area contributed by atoms with Crippen LogP contribution in [0.2, 0.25) is 0 Å². The molecule has 2 aliphatic rings. The first kappa shape index (κ1) is 26.9. The molecule has 1 aliphatic heterocycles. The van der Waals surface area contributed by atoms with Crippen LogP contribution in [0.15, 0.2) is 11.8 Å². The largest absolute Gasteiger partial charge is 0.466 e. The molecule has 1 fully saturated rings. The Morgan fingerprint density at radius 3 is 2.62 bits per heavy atom. The number of carbonyl (C=O) groups is 1. The highest BCUT2D eigenvalue weighted by atomic mass is 16.7. The third kappa shape index (κ3) is 6.59. The summed E-state index contributed by atoms with van der Waals surface area (Å²) >= 11 is 0. The number of carbonyl (C=O) groups excluding carboxylic acids is 1. The van der Waals surface area contributed by atoms with Gasteiger partial charge in [-0.15, -0.1) is 0 Å². The highest BCUT2D eigenvalue weighted by molar-refractivity contribution is 5.77. The van der Waals surface area contributed by atoms with Gasteiger partial charge in [-0.3, -0.25) is 4.79 Å². The molecule has 186 valence electrons. The lowest BCUT2D eigenvalue weighted by atomic mass is 9.81. The smallest absolute Gasteiger partial charge is 0.222 e. The molecule has 12 heteroatoms. The molecule has 0 bridgehead atoms. The van der Waals surface area contributed by atoms with Crippen molar-refractivity contribution in [3.8, 4) is 0 Å². The van der Waals surface area contributed by atoms with Crippen molar-refractivity contribution in [3.05, 3.63) is 11.8 Å². The number of aliphatic hydroxyl groups is 2. The van der Waals surface area contributed by atoms with E-state index in [2.05, 4.69) is 10.6 Å². The lowest BCUT2D eigenvalue weighted by Crippen LogP contribution is -2.71. The van der Waals surface area contributed by atoms with Crippen molar-refractivity contribution in [2.45, 2.75) is 80.6 Å². The average Bonchev–Trinajstić information content (AvgIpc) is 2.78. The van der Waals surface area contributed by atoms with E-state index in [9.17, 15) is 15.0 Å². The van der Waals surface area contributed by atoms with Crippen LogP contribution in [0.1, 0.15) is 25.7 Å². The summed E-state index contributed by atoms with van der Waals surface area (Å²) in [5.41, 5.74) is 23.4. The molecular formula is C20H40N6O6. The molecule has 1 saturated carbocycles. The molecule has 1 unspecified atom stereocenters. The molecule has 0 saturated heterocycles. The fraction of sp³-hybridized carbons (Fsp3) is 0.850. The summed E-state index contributed by atoms with van der Waals surface area (Å²) in [5, 5.41) is 27.3. The maximum atomic E-state index is 12.5. The summed E-state index contributed by atoms with van der Waals surface area (Å²) in [6.07, 6.45) is -1.13.